The summed E-state index contributed by atoms with van der Waals surface area (Å²) < 4.78 is 258. The lowest BCUT2D eigenvalue weighted by Crippen LogP contribution is -2.76. The minimum absolute atomic E-state index is 7.96. The fourth-order valence-corrected chi connectivity index (χ4v) is 2.21. The van der Waals surface area contributed by atoms with Crippen LogP contribution in [0.4, 0.5) is 87.8 Å². The van der Waals surface area contributed by atoms with Crippen molar-refractivity contribution in [3.8, 4) is 0 Å². The van der Waals surface area contributed by atoms with Crippen LogP contribution >= 0.6 is 0 Å². The molecule has 0 radical (unpaired) electrons. The third kappa shape index (κ3) is 2.22. The average Bonchev–Trinajstić information content (AvgIpc) is 2.55. The van der Waals surface area contributed by atoms with Crippen molar-refractivity contribution in [2.75, 3.05) is 0 Å². The predicted octanol–water partition coefficient (Wildman–Crippen LogP) is 6.35. The molecule has 30 heavy (non-hydrogen) atoms. The van der Waals surface area contributed by atoms with E-state index in [0.717, 1.165) is 0 Å². The fraction of sp³-hybridized carbons (Fsp3) is 1.00. The summed E-state index contributed by atoms with van der Waals surface area (Å²) in [7, 11) is 0. The number of halogens is 20. The predicted molar refractivity (Wildman–Crippen MR) is 49.5 cm³/mol. The highest BCUT2D eigenvalue weighted by atomic mass is 19.4. The zero-order valence-electron chi connectivity index (χ0n) is 12.6. The number of hydrogen-bond donors (Lipinski definition) is 0. The molecule has 0 aromatic carbocycles. The summed E-state index contributed by atoms with van der Waals surface area (Å²) in [5.74, 6) is -68.3. The van der Waals surface area contributed by atoms with Gasteiger partial charge in [-0.2, -0.15) is 83.4 Å². The van der Waals surface area contributed by atoms with Crippen LogP contribution in [-0.4, -0.2) is 59.2 Å². The molecular weight excluding hydrogens is 500 g/mol. The zero-order valence-corrected chi connectivity index (χ0v) is 12.6. The third-order valence-corrected chi connectivity index (χ3v) is 4.02. The lowest BCUT2D eigenvalue weighted by Gasteiger charge is -2.43. The van der Waals surface area contributed by atoms with E-state index < -0.39 is 59.2 Å². The van der Waals surface area contributed by atoms with E-state index >= 15 is 0 Å². The maximum atomic E-state index is 13.8. The molecule has 20 heteroatoms. The smallest absolute Gasteiger partial charge is 0.223 e. The van der Waals surface area contributed by atoms with Gasteiger partial charge in [0.1, 0.15) is 0 Å². The van der Waals surface area contributed by atoms with E-state index in [2.05, 4.69) is 0 Å². The molecule has 0 heterocycles. The summed E-state index contributed by atoms with van der Waals surface area (Å²) in [6.07, 6.45) is -7.96. The van der Waals surface area contributed by atoms with Crippen LogP contribution < -0.4 is 0 Å². The molecule has 1 fully saturated rings. The van der Waals surface area contributed by atoms with Crippen LogP contribution in [-0.2, 0) is 0 Å². The first kappa shape index (κ1) is 26.6. The topological polar surface area (TPSA) is 0 Å². The summed E-state index contributed by atoms with van der Waals surface area (Å²) in [6.45, 7) is 0. The molecule has 0 atom stereocenters. The molecule has 0 nitrogen and oxygen atoms in total. The van der Waals surface area contributed by atoms with Gasteiger partial charge in [-0.05, 0) is 0 Å². The maximum Gasteiger partial charge on any atom is 0.460 e. The summed E-state index contributed by atoms with van der Waals surface area (Å²) in [4.78, 5) is 0. The van der Waals surface area contributed by atoms with E-state index in [4.69, 9.17) is 0 Å². The summed E-state index contributed by atoms with van der Waals surface area (Å²) in [5.41, 5.74) is -8.80. The Morgan fingerprint density at radius 3 is 0.833 bits per heavy atom. The Morgan fingerprint density at radius 2 is 0.600 bits per heavy atom. The maximum absolute atomic E-state index is 13.8. The van der Waals surface area contributed by atoms with E-state index in [1.807, 2.05) is 0 Å². The number of rotatable bonds is 4. The summed E-state index contributed by atoms with van der Waals surface area (Å²) >= 11 is 0. The van der Waals surface area contributed by atoms with Gasteiger partial charge in [-0.25, -0.2) is 4.39 Å². The van der Waals surface area contributed by atoms with Crippen LogP contribution in [0.15, 0.2) is 0 Å². The van der Waals surface area contributed by atoms with Crippen molar-refractivity contribution in [1.29, 1.82) is 0 Å². The second kappa shape index (κ2) is 5.69. The highest BCUT2D eigenvalue weighted by Crippen LogP contribution is 2.75. The third-order valence-electron chi connectivity index (χ3n) is 4.02. The van der Waals surface area contributed by atoms with Crippen LogP contribution in [0.5, 0.6) is 0 Å². The second-order valence-corrected chi connectivity index (χ2v) is 5.75. The highest BCUT2D eigenvalue weighted by Gasteiger charge is 3.09. The van der Waals surface area contributed by atoms with Gasteiger partial charge in [-0.3, -0.25) is 0 Å². The zero-order chi connectivity index (χ0) is 25.0. The molecule has 0 aromatic heterocycles. The molecule has 1 saturated carbocycles. The van der Waals surface area contributed by atoms with Crippen molar-refractivity contribution in [3.05, 3.63) is 0 Å². The average molecular weight is 500 g/mol. The van der Waals surface area contributed by atoms with E-state index in [9.17, 15) is 87.8 Å². The van der Waals surface area contributed by atoms with E-state index in [0.29, 0.717) is 0 Å². The van der Waals surface area contributed by atoms with E-state index in [-0.39, 0.29) is 0 Å². The Labute approximate surface area is 148 Å². The SMILES string of the molecule is FC(F)(F)C(F)(F)C(F)(F)C(F)(F)C(F)(F)C1(F)C(F)(F)C(F)(F)C(F)(F)C1(F)F. The first-order valence-electron chi connectivity index (χ1n) is 6.28. The molecule has 0 spiro atoms. The Balaban J connectivity index is 3.98. The standard InChI is InChI=1S/C10F20/c11-1(2(12,13)5(18,19)6(20,21)3(1,14)15)4(16,17)7(22,23)8(24,25)9(26,27)10(28,29)30. The largest absolute Gasteiger partial charge is 0.460 e. The van der Waals surface area contributed by atoms with Crippen LogP contribution in [0.2, 0.25) is 0 Å². The quantitative estimate of drug-likeness (QED) is 0.395. The molecule has 0 bridgehead atoms. The molecule has 0 aliphatic heterocycles. The Bertz CT molecular complexity index is 667. The molecular formula is C10F20. The van der Waals surface area contributed by atoms with Crippen molar-refractivity contribution in [1.82, 2.24) is 0 Å². The van der Waals surface area contributed by atoms with Gasteiger partial charge in [-0.1, -0.05) is 0 Å². The molecule has 1 rings (SSSR count). The first-order valence-corrected chi connectivity index (χ1v) is 6.28. The molecule has 1 aliphatic rings. The Hall–Kier alpha value is -1.40. The van der Waals surface area contributed by atoms with Crippen LogP contribution in [0, 0.1) is 0 Å². The summed E-state index contributed by atoms with van der Waals surface area (Å²) in [5, 5.41) is 0. The fourth-order valence-electron chi connectivity index (χ4n) is 2.21. The normalized spacial score (nSPS) is 26.0. The van der Waals surface area contributed by atoms with Crippen LogP contribution in [0.25, 0.3) is 0 Å². The highest BCUT2D eigenvalue weighted by molar-refractivity contribution is 5.33. The van der Waals surface area contributed by atoms with Gasteiger partial charge in [-0.15, -0.1) is 0 Å². The molecule has 0 aromatic rings. The van der Waals surface area contributed by atoms with Gasteiger partial charge in [0, 0.05) is 0 Å². The minimum Gasteiger partial charge on any atom is -0.223 e. The van der Waals surface area contributed by atoms with Gasteiger partial charge in [0.15, 0.2) is 0 Å². The Kier molecular flexibility index (Phi) is 5.05. The van der Waals surface area contributed by atoms with Crippen molar-refractivity contribution in [3.63, 3.8) is 0 Å². The van der Waals surface area contributed by atoms with Gasteiger partial charge >= 0.3 is 59.2 Å². The number of hydrogen-bond acceptors (Lipinski definition) is 0. The molecule has 1 aliphatic carbocycles. The molecule has 0 N–H and O–H groups in total. The van der Waals surface area contributed by atoms with Crippen LogP contribution in [0.3, 0.4) is 0 Å². The molecule has 0 unspecified atom stereocenters. The molecule has 0 amide bonds. The van der Waals surface area contributed by atoms with Crippen molar-refractivity contribution < 1.29 is 87.8 Å². The van der Waals surface area contributed by atoms with Crippen LogP contribution in [0.1, 0.15) is 0 Å². The first-order chi connectivity index (χ1) is 12.5. The lowest BCUT2D eigenvalue weighted by molar-refractivity contribution is -0.451. The monoisotopic (exact) mass is 500 g/mol. The Morgan fingerprint density at radius 1 is 0.333 bits per heavy atom. The number of alkyl halides is 20. The van der Waals surface area contributed by atoms with Crippen molar-refractivity contribution >= 4 is 0 Å². The lowest BCUT2D eigenvalue weighted by atomic mass is 9.82. The molecule has 180 valence electrons. The van der Waals surface area contributed by atoms with E-state index in [1.165, 1.54) is 0 Å². The van der Waals surface area contributed by atoms with Gasteiger partial charge < -0.3 is 0 Å². The van der Waals surface area contributed by atoms with Crippen molar-refractivity contribution in [2.45, 2.75) is 59.2 Å². The second-order valence-electron chi connectivity index (χ2n) is 5.75. The van der Waals surface area contributed by atoms with Gasteiger partial charge in [0.25, 0.3) is 0 Å². The minimum atomic E-state index is -9.09. The van der Waals surface area contributed by atoms with E-state index in [1.54, 1.807) is 0 Å². The van der Waals surface area contributed by atoms with Crippen molar-refractivity contribution in [2.24, 2.45) is 0 Å². The molecule has 0 saturated heterocycles. The summed E-state index contributed by atoms with van der Waals surface area (Å²) in [6, 6.07) is 0. The van der Waals surface area contributed by atoms with Gasteiger partial charge in [0.05, 0.1) is 0 Å². The van der Waals surface area contributed by atoms with Gasteiger partial charge in [0.2, 0.25) is 0 Å².